The second-order valence-electron chi connectivity index (χ2n) is 5.76. The van der Waals surface area contributed by atoms with Crippen molar-refractivity contribution in [2.75, 3.05) is 12.1 Å². The van der Waals surface area contributed by atoms with E-state index in [1.807, 2.05) is 37.3 Å². The summed E-state index contributed by atoms with van der Waals surface area (Å²) in [7, 11) is 0. The highest BCUT2D eigenvalue weighted by Crippen LogP contribution is 2.32. The molecule has 0 saturated heterocycles. The normalized spacial score (nSPS) is 12.1. The second-order valence-corrected chi connectivity index (χ2v) is 6.17. The van der Waals surface area contributed by atoms with Gasteiger partial charge in [-0.3, -0.25) is 0 Å². The summed E-state index contributed by atoms with van der Waals surface area (Å²) in [6.07, 6.45) is 1.58. The van der Waals surface area contributed by atoms with E-state index < -0.39 is 0 Å². The van der Waals surface area contributed by atoms with Gasteiger partial charge in [0.25, 0.3) is 0 Å². The molecular weight excluding hydrogens is 340 g/mol. The van der Waals surface area contributed by atoms with Crippen LogP contribution in [0.1, 0.15) is 30.5 Å². The number of hydrogen-bond donors (Lipinski definition) is 2. The van der Waals surface area contributed by atoms with Crippen LogP contribution in [0.25, 0.3) is 0 Å². The third kappa shape index (κ3) is 3.82. The summed E-state index contributed by atoms with van der Waals surface area (Å²) in [4.78, 5) is 12.3. The minimum atomic E-state index is -0.260. The van der Waals surface area contributed by atoms with Gasteiger partial charge in [-0.25, -0.2) is 4.79 Å². The molecule has 0 fully saturated rings. The fourth-order valence-electron chi connectivity index (χ4n) is 2.86. The largest absolute Gasteiger partial charge is 0.454 e. The van der Waals surface area contributed by atoms with Crippen LogP contribution in [0.3, 0.4) is 0 Å². The third-order valence-corrected chi connectivity index (χ3v) is 4.56. The zero-order valence-corrected chi connectivity index (χ0v) is 15.1. The summed E-state index contributed by atoms with van der Waals surface area (Å²) in [5, 5.41) is 6.50. The number of amides is 2. The Morgan fingerprint density at radius 3 is 2.68 bits per heavy atom. The average Bonchev–Trinajstić information content (AvgIpc) is 3.08. The van der Waals surface area contributed by atoms with E-state index in [2.05, 4.69) is 17.6 Å². The van der Waals surface area contributed by atoms with Crippen LogP contribution in [-0.2, 0) is 19.4 Å². The van der Waals surface area contributed by atoms with Gasteiger partial charge < -0.3 is 20.1 Å². The molecule has 1 heterocycles. The van der Waals surface area contributed by atoms with Crippen molar-refractivity contribution in [2.45, 2.75) is 33.2 Å². The van der Waals surface area contributed by atoms with Gasteiger partial charge in [0.2, 0.25) is 6.79 Å². The van der Waals surface area contributed by atoms with E-state index in [4.69, 9.17) is 21.1 Å². The SMILES string of the molecule is CCc1ccc(Cl)c(CC)c1NC(=O)NCc1ccc2c(c1)OCO2. The molecule has 2 amide bonds. The Morgan fingerprint density at radius 1 is 1.12 bits per heavy atom. The van der Waals surface area contributed by atoms with Crippen LogP contribution < -0.4 is 20.1 Å². The first kappa shape index (κ1) is 17.4. The molecule has 0 bridgehead atoms. The standard InChI is InChI=1S/C19H21ClN2O3/c1-3-13-6-7-15(20)14(4-2)18(13)22-19(23)21-10-12-5-8-16-17(9-12)25-11-24-16/h5-9H,3-4,10-11H2,1-2H3,(H2,21,22,23). The molecule has 0 atom stereocenters. The molecule has 3 rings (SSSR count). The Hall–Kier alpha value is -2.40. The molecule has 0 spiro atoms. The molecule has 2 aromatic rings. The van der Waals surface area contributed by atoms with Crippen molar-refractivity contribution in [3.05, 3.63) is 52.0 Å². The van der Waals surface area contributed by atoms with Crippen molar-refractivity contribution >= 4 is 23.3 Å². The lowest BCUT2D eigenvalue weighted by Gasteiger charge is -2.16. The number of hydrogen-bond acceptors (Lipinski definition) is 3. The summed E-state index contributed by atoms with van der Waals surface area (Å²) in [6, 6.07) is 9.20. The average molecular weight is 361 g/mol. The van der Waals surface area contributed by atoms with Gasteiger partial charge in [-0.1, -0.05) is 37.6 Å². The Labute approximate surface area is 152 Å². The van der Waals surface area contributed by atoms with E-state index in [9.17, 15) is 4.79 Å². The highest BCUT2D eigenvalue weighted by atomic mass is 35.5. The van der Waals surface area contributed by atoms with E-state index >= 15 is 0 Å². The molecule has 25 heavy (non-hydrogen) atoms. The molecule has 0 radical (unpaired) electrons. The fraction of sp³-hybridized carbons (Fsp3) is 0.316. The van der Waals surface area contributed by atoms with Crippen LogP contribution in [-0.4, -0.2) is 12.8 Å². The van der Waals surface area contributed by atoms with Crippen LogP contribution in [0.5, 0.6) is 11.5 Å². The molecule has 6 heteroatoms. The summed E-state index contributed by atoms with van der Waals surface area (Å²) < 4.78 is 10.6. The number of fused-ring (bicyclic) bond motifs is 1. The number of anilines is 1. The molecule has 0 unspecified atom stereocenters. The van der Waals surface area contributed by atoms with Crippen LogP contribution in [0, 0.1) is 0 Å². The maximum atomic E-state index is 12.3. The first-order valence-electron chi connectivity index (χ1n) is 8.36. The minimum absolute atomic E-state index is 0.237. The van der Waals surface area contributed by atoms with Gasteiger partial charge in [0, 0.05) is 11.6 Å². The number of aryl methyl sites for hydroxylation is 1. The molecule has 0 aromatic heterocycles. The fourth-order valence-corrected chi connectivity index (χ4v) is 3.15. The van der Waals surface area contributed by atoms with Gasteiger partial charge >= 0.3 is 6.03 Å². The lowest BCUT2D eigenvalue weighted by Crippen LogP contribution is -2.29. The van der Waals surface area contributed by atoms with Crippen molar-refractivity contribution in [1.82, 2.24) is 5.32 Å². The van der Waals surface area contributed by atoms with Crippen molar-refractivity contribution in [3.63, 3.8) is 0 Å². The Bertz CT molecular complexity index is 792. The maximum Gasteiger partial charge on any atom is 0.319 e. The topological polar surface area (TPSA) is 59.6 Å². The van der Waals surface area contributed by atoms with Crippen molar-refractivity contribution < 1.29 is 14.3 Å². The maximum absolute atomic E-state index is 12.3. The van der Waals surface area contributed by atoms with Crippen LogP contribution in [0.15, 0.2) is 30.3 Å². The number of carbonyl (C=O) groups excluding carboxylic acids is 1. The van der Waals surface area contributed by atoms with Gasteiger partial charge in [0.15, 0.2) is 11.5 Å². The molecule has 132 valence electrons. The van der Waals surface area contributed by atoms with E-state index in [-0.39, 0.29) is 12.8 Å². The number of rotatable bonds is 5. The molecular formula is C19H21ClN2O3. The zero-order chi connectivity index (χ0) is 17.8. The number of ether oxygens (including phenoxy) is 2. The molecule has 2 aromatic carbocycles. The van der Waals surface area contributed by atoms with Gasteiger partial charge in [-0.05, 0) is 47.7 Å². The molecule has 0 aliphatic carbocycles. The molecule has 1 aliphatic heterocycles. The summed E-state index contributed by atoms with van der Waals surface area (Å²) in [6.45, 7) is 4.71. The lowest BCUT2D eigenvalue weighted by molar-refractivity contribution is 0.174. The van der Waals surface area contributed by atoms with Gasteiger partial charge in [-0.2, -0.15) is 0 Å². The molecule has 0 saturated carbocycles. The number of benzene rings is 2. The summed E-state index contributed by atoms with van der Waals surface area (Å²) in [5.41, 5.74) is 3.77. The zero-order valence-electron chi connectivity index (χ0n) is 14.3. The first-order chi connectivity index (χ1) is 12.1. The number of urea groups is 1. The Balaban J connectivity index is 1.68. The first-order valence-corrected chi connectivity index (χ1v) is 8.73. The van der Waals surface area contributed by atoms with Gasteiger partial charge in [0.1, 0.15) is 0 Å². The van der Waals surface area contributed by atoms with Gasteiger partial charge in [0.05, 0.1) is 5.69 Å². The monoisotopic (exact) mass is 360 g/mol. The van der Waals surface area contributed by atoms with E-state index in [0.29, 0.717) is 17.3 Å². The smallest absolute Gasteiger partial charge is 0.319 e. The number of nitrogens with one attached hydrogen (secondary N) is 2. The number of halogens is 1. The van der Waals surface area contributed by atoms with Crippen molar-refractivity contribution in [3.8, 4) is 11.5 Å². The predicted octanol–water partition coefficient (Wildman–Crippen LogP) is 4.52. The van der Waals surface area contributed by atoms with Crippen molar-refractivity contribution in [1.29, 1.82) is 0 Å². The van der Waals surface area contributed by atoms with Gasteiger partial charge in [-0.15, -0.1) is 0 Å². The van der Waals surface area contributed by atoms with Crippen LogP contribution >= 0.6 is 11.6 Å². The molecule has 5 nitrogen and oxygen atoms in total. The number of carbonyl (C=O) groups is 1. The highest BCUT2D eigenvalue weighted by Gasteiger charge is 2.15. The quantitative estimate of drug-likeness (QED) is 0.824. The molecule has 1 aliphatic rings. The van der Waals surface area contributed by atoms with Crippen LogP contribution in [0.4, 0.5) is 10.5 Å². The second kappa shape index (κ2) is 7.66. The Kier molecular flexibility index (Phi) is 5.34. The third-order valence-electron chi connectivity index (χ3n) is 4.21. The van der Waals surface area contributed by atoms with E-state index in [0.717, 1.165) is 41.0 Å². The summed E-state index contributed by atoms with van der Waals surface area (Å²) in [5.74, 6) is 1.43. The predicted molar refractivity (Wildman–Crippen MR) is 98.6 cm³/mol. The Morgan fingerprint density at radius 2 is 1.92 bits per heavy atom. The van der Waals surface area contributed by atoms with Crippen molar-refractivity contribution in [2.24, 2.45) is 0 Å². The lowest BCUT2D eigenvalue weighted by atomic mass is 10.0. The highest BCUT2D eigenvalue weighted by molar-refractivity contribution is 6.31. The van der Waals surface area contributed by atoms with E-state index in [1.54, 1.807) is 0 Å². The summed E-state index contributed by atoms with van der Waals surface area (Å²) >= 11 is 6.27. The molecule has 2 N–H and O–H groups in total. The minimum Gasteiger partial charge on any atom is -0.454 e. The van der Waals surface area contributed by atoms with E-state index in [1.165, 1.54) is 0 Å². The van der Waals surface area contributed by atoms with Crippen LogP contribution in [0.2, 0.25) is 5.02 Å².